The first-order valence-corrected chi connectivity index (χ1v) is 28.1. The second kappa shape index (κ2) is 30.0. The van der Waals surface area contributed by atoms with Gasteiger partial charge in [0.15, 0.2) is 50.3 Å². The van der Waals surface area contributed by atoms with Crippen molar-refractivity contribution >= 4 is 0 Å². The summed E-state index contributed by atoms with van der Waals surface area (Å²) >= 11 is 0. The molecule has 40 nitrogen and oxygen atoms in total. The van der Waals surface area contributed by atoms with Gasteiger partial charge in [-0.2, -0.15) is 0 Å². The van der Waals surface area contributed by atoms with Crippen molar-refractivity contribution < 1.29 is 198 Å². The molecule has 16 bridgehead atoms. The normalized spacial score (nSPS) is 55.4. The zero-order chi connectivity index (χ0) is 64.1. The minimum Gasteiger partial charge on any atom is -0.394 e. The summed E-state index contributed by atoms with van der Waals surface area (Å²) in [6.45, 7) is -8.64. The zero-order valence-electron chi connectivity index (χ0n) is 46.0. The van der Waals surface area contributed by atoms with Gasteiger partial charge in [0.05, 0.1) is 52.9 Å². The van der Waals surface area contributed by atoms with Crippen molar-refractivity contribution in [2.45, 2.75) is 246 Å². The van der Waals surface area contributed by atoms with Gasteiger partial charge in [-0.05, 0) is 0 Å². The molecule has 30 fully saturated rings. The van der Waals surface area contributed by atoms with Crippen molar-refractivity contribution in [3.8, 4) is 0 Å². The summed E-state index contributed by atoms with van der Waals surface area (Å²) in [5.74, 6) is 0. The topological polar surface area (TPSA) is 633 Å². The number of aliphatic hydroxyl groups excluding tert-OH is 24. The molecule has 24 unspecified atom stereocenters. The molecule has 0 aromatic carbocycles. The molecule has 0 aromatic rings. The summed E-state index contributed by atoms with van der Waals surface area (Å²) in [5.41, 5.74) is 0. The highest BCUT2D eigenvalue weighted by molar-refractivity contribution is 5.02. The Kier molecular flexibility index (Phi) is 24.1. The molecule has 0 spiro atoms. The molecule has 512 valence electrons. The minimum absolute atomic E-state index is 1.08. The summed E-state index contributed by atoms with van der Waals surface area (Å²) in [7, 11) is 0. The molecule has 0 aromatic heterocycles. The first-order chi connectivity index (χ1) is 41.9. The van der Waals surface area contributed by atoms with Gasteiger partial charge in [-0.15, -0.1) is 0 Å². The summed E-state index contributed by atoms with van der Waals surface area (Å²) in [4.78, 5) is 0. The van der Waals surface area contributed by atoms with E-state index in [4.69, 9.17) is 75.8 Å². The van der Waals surface area contributed by atoms with Gasteiger partial charge in [-0.25, -0.2) is 0 Å². The molecular weight excluding hydrogens is 1220 g/mol. The molecule has 30 heterocycles. The van der Waals surface area contributed by atoms with Crippen molar-refractivity contribution in [2.75, 3.05) is 52.9 Å². The summed E-state index contributed by atoms with van der Waals surface area (Å²) < 4.78 is 91.1. The lowest BCUT2D eigenvalue weighted by atomic mass is 9.94. The van der Waals surface area contributed by atoms with E-state index >= 15 is 0 Å². The van der Waals surface area contributed by atoms with Crippen molar-refractivity contribution in [1.82, 2.24) is 0 Å². The second-order valence-corrected chi connectivity index (χ2v) is 22.5. The molecule has 30 rings (SSSR count). The smallest absolute Gasteiger partial charge is 0.187 e. The summed E-state index contributed by atoms with van der Waals surface area (Å²) in [6.07, 6.45) is -82.0. The maximum absolute atomic E-state index is 11.4. The Labute approximate surface area is 496 Å². The van der Waals surface area contributed by atoms with Crippen LogP contribution in [0.25, 0.3) is 0 Å². The fraction of sp³-hybridized carbons (Fsp3) is 1.00. The molecule has 30 aliphatic rings. The van der Waals surface area contributed by atoms with Crippen LogP contribution in [0.15, 0.2) is 0 Å². The highest BCUT2D eigenvalue weighted by Crippen LogP contribution is 2.40. The Morgan fingerprint density at radius 2 is 0.227 bits per heavy atom. The fourth-order valence-corrected chi connectivity index (χ4v) is 11.9. The van der Waals surface area contributed by atoms with Crippen LogP contribution < -0.4 is 0 Å². The van der Waals surface area contributed by atoms with Gasteiger partial charge in [-0.3, -0.25) is 0 Å². The van der Waals surface area contributed by atoms with Gasteiger partial charge in [0.2, 0.25) is 0 Å². The molecule has 0 aliphatic carbocycles. The molecule has 0 amide bonds. The Morgan fingerprint density at radius 3 is 0.307 bits per heavy atom. The van der Waals surface area contributed by atoms with Crippen LogP contribution in [0.5, 0.6) is 0 Å². The molecule has 40 heteroatoms. The minimum atomic E-state index is -2.25. The van der Waals surface area contributed by atoms with Gasteiger partial charge in [0.25, 0.3) is 0 Å². The number of rotatable bonds is 8. The molecule has 30 saturated heterocycles. The largest absolute Gasteiger partial charge is 0.394 e. The number of ether oxygens (including phenoxy) is 16. The van der Waals surface area contributed by atoms with E-state index in [1.54, 1.807) is 0 Å². The van der Waals surface area contributed by atoms with Crippen LogP contribution in [0.2, 0.25) is 0 Å². The van der Waals surface area contributed by atoms with Gasteiger partial charge in [-0.1, -0.05) is 0 Å². The summed E-state index contributed by atoms with van der Waals surface area (Å²) in [6, 6.07) is 0. The average Bonchev–Trinajstić information content (AvgIpc) is 0.985. The molecule has 0 saturated carbocycles. The SMILES string of the molecule is OCC1O[C@@H]2O[C@@H]3C(CO)O[C@H](O[C@@H]4C(CO)O[C@H](O[C@@H]5C(CO)O[C@H](O[C@@H]6C(CO)O[C@H](O[C@@H]7C(CO)O[C@H](O[C@@H]8C(CO)O[C@H](O[C@@H]9C(CO)O[C@H](O[C@H]1C(O)C2O)C(O)C9O)C(O)C8O)C(O)C7O)C(O)C6O)C(O)C5O)C(O)C4O)C(O)C3O. The van der Waals surface area contributed by atoms with Crippen molar-refractivity contribution in [3.63, 3.8) is 0 Å². The molecule has 24 N–H and O–H groups in total. The lowest BCUT2D eigenvalue weighted by Crippen LogP contribution is -2.69. The Morgan fingerprint density at radius 1 is 0.136 bits per heavy atom. The van der Waals surface area contributed by atoms with E-state index in [-0.39, 0.29) is 0 Å². The Bertz CT molecular complexity index is 1700. The molecular formula is C48H80O40. The fourth-order valence-electron chi connectivity index (χ4n) is 11.9. The molecule has 40 atom stereocenters. The first kappa shape index (κ1) is 70.7. The predicted octanol–water partition coefficient (Wildman–Crippen LogP) is -17.4. The Balaban J connectivity index is 0.975. The van der Waals surface area contributed by atoms with E-state index < -0.39 is 299 Å². The maximum Gasteiger partial charge on any atom is 0.187 e. The van der Waals surface area contributed by atoms with Crippen LogP contribution in [-0.4, -0.2) is 421 Å². The van der Waals surface area contributed by atoms with Crippen LogP contribution >= 0.6 is 0 Å². The lowest BCUT2D eigenvalue weighted by molar-refractivity contribution is -0.404. The van der Waals surface area contributed by atoms with E-state index in [2.05, 4.69) is 0 Å². The Hall–Kier alpha value is -1.60. The number of aliphatic hydroxyl groups is 24. The van der Waals surface area contributed by atoms with E-state index in [0.29, 0.717) is 0 Å². The quantitative estimate of drug-likeness (QED) is 0.107. The lowest BCUT2D eigenvalue weighted by Gasteiger charge is -2.50. The van der Waals surface area contributed by atoms with Crippen LogP contribution in [0.1, 0.15) is 0 Å². The van der Waals surface area contributed by atoms with Gasteiger partial charge in [0.1, 0.15) is 195 Å². The number of hydrogen-bond acceptors (Lipinski definition) is 40. The third-order valence-electron chi connectivity index (χ3n) is 16.9. The van der Waals surface area contributed by atoms with E-state index in [1.165, 1.54) is 0 Å². The number of hydrogen-bond donors (Lipinski definition) is 24. The van der Waals surface area contributed by atoms with Gasteiger partial charge in [0, 0.05) is 0 Å². The van der Waals surface area contributed by atoms with E-state index in [0.717, 1.165) is 0 Å². The predicted molar refractivity (Wildman–Crippen MR) is 261 cm³/mol. The monoisotopic (exact) mass is 1300 g/mol. The van der Waals surface area contributed by atoms with Crippen molar-refractivity contribution in [2.24, 2.45) is 0 Å². The molecule has 88 heavy (non-hydrogen) atoms. The van der Waals surface area contributed by atoms with Crippen molar-refractivity contribution in [1.29, 1.82) is 0 Å². The van der Waals surface area contributed by atoms with E-state index in [1.807, 2.05) is 0 Å². The van der Waals surface area contributed by atoms with Crippen LogP contribution in [0.3, 0.4) is 0 Å². The third-order valence-corrected chi connectivity index (χ3v) is 16.9. The van der Waals surface area contributed by atoms with Gasteiger partial charge < -0.3 is 198 Å². The van der Waals surface area contributed by atoms with Crippen molar-refractivity contribution in [3.05, 3.63) is 0 Å². The molecule has 0 radical (unpaired) electrons. The standard InChI is InChI=1S/C48H80O40/c49-1-9-33-17(57)25(65)41(73-9)82-34-10(2-50)75-43(27(67)19(34)59)84-36-12(4-52)77-45(29(69)21(36)61)86-38-14(6-54)79-47(31(71)23(38)63)88-40-16(8-56)80-48(32(72)24(40)64)87-39-15(7-55)78-46(30(70)22(39)62)85-37-13(5-53)76-44(28(68)20(37)60)83-35-11(3-51)74-42(81-33)26(66)18(35)58/h9-72H,1-8H2/t9?,10?,11?,12?,13?,14?,15?,16?,17?,18?,19?,20?,21?,22?,23?,24?,25?,26?,27?,28?,29?,30?,31?,32?,33-,34-,35-,36-,37-,38-,39-,40-,41-,42-,43-,44-,45-,46-,47-,48-/m1/s1. The third kappa shape index (κ3) is 13.8. The van der Waals surface area contributed by atoms with Crippen LogP contribution in [-0.2, 0) is 75.8 Å². The molecule has 30 aliphatic heterocycles. The second-order valence-electron chi connectivity index (χ2n) is 22.5. The zero-order valence-corrected chi connectivity index (χ0v) is 46.0. The van der Waals surface area contributed by atoms with E-state index in [9.17, 15) is 123 Å². The average molecular weight is 1300 g/mol. The van der Waals surface area contributed by atoms with Crippen LogP contribution in [0.4, 0.5) is 0 Å². The first-order valence-electron chi connectivity index (χ1n) is 28.1. The highest BCUT2D eigenvalue weighted by atomic mass is 16.8. The van der Waals surface area contributed by atoms with Crippen LogP contribution in [0, 0.1) is 0 Å². The maximum atomic E-state index is 11.4. The van der Waals surface area contributed by atoms with Gasteiger partial charge >= 0.3 is 0 Å². The summed E-state index contributed by atoms with van der Waals surface area (Å²) in [5, 5.41) is 265. The highest BCUT2D eigenvalue weighted by Gasteiger charge is 2.60.